The normalized spacial score (nSPS) is 18.9. The van der Waals surface area contributed by atoms with E-state index in [2.05, 4.69) is 4.98 Å². The van der Waals surface area contributed by atoms with Crippen molar-refractivity contribution < 1.29 is 32.2 Å². The molecular formula is C18H24FN3O6S. The van der Waals surface area contributed by atoms with Gasteiger partial charge in [0.25, 0.3) is 6.47 Å². The average Bonchev–Trinajstić information content (AvgIpc) is 3.31. The Balaban J connectivity index is 0.000000941. The van der Waals surface area contributed by atoms with Crippen molar-refractivity contribution in [3.05, 3.63) is 36.4 Å². The van der Waals surface area contributed by atoms with Gasteiger partial charge in [0.15, 0.2) is 0 Å². The van der Waals surface area contributed by atoms with Crippen LogP contribution in [0.1, 0.15) is 6.04 Å². The number of sulfonamides is 1. The second-order valence-corrected chi connectivity index (χ2v) is 8.76. The molecule has 11 heteroatoms. The van der Waals surface area contributed by atoms with E-state index in [1.54, 1.807) is 23.0 Å². The van der Waals surface area contributed by atoms with Gasteiger partial charge in [-0.3, -0.25) is 4.79 Å². The quantitative estimate of drug-likeness (QED) is 0.693. The molecule has 0 amide bonds. The summed E-state index contributed by atoms with van der Waals surface area (Å²) >= 11 is 0. The van der Waals surface area contributed by atoms with Crippen LogP contribution in [-0.2, 0) is 19.6 Å². The number of ether oxygens (including phenoxy) is 2. The van der Waals surface area contributed by atoms with Crippen LogP contribution >= 0.6 is 0 Å². The third kappa shape index (κ3) is 5.31. The summed E-state index contributed by atoms with van der Waals surface area (Å²) in [5, 5.41) is 6.89. The molecule has 1 fully saturated rings. The van der Waals surface area contributed by atoms with Crippen molar-refractivity contribution in [1.82, 2.24) is 13.9 Å². The summed E-state index contributed by atoms with van der Waals surface area (Å²) in [7, 11) is 1.15. The number of carboxylic acid groups (broad SMARTS) is 1. The van der Waals surface area contributed by atoms with Crippen LogP contribution in [0.5, 0.6) is 5.75 Å². The van der Waals surface area contributed by atoms with Crippen LogP contribution in [0, 0.1) is 11.7 Å². The number of benzene rings is 1. The molecule has 0 spiro atoms. The molecule has 9 nitrogen and oxygen atoms in total. The summed E-state index contributed by atoms with van der Waals surface area (Å²) in [5.41, 5.74) is 0.301. The minimum Gasteiger partial charge on any atom is -0.497 e. The molecule has 160 valence electrons. The third-order valence-electron chi connectivity index (χ3n) is 4.59. The van der Waals surface area contributed by atoms with Crippen molar-refractivity contribution in [3.63, 3.8) is 0 Å². The molecule has 0 aliphatic carbocycles. The summed E-state index contributed by atoms with van der Waals surface area (Å²) in [6.07, 6.45) is 3.30. The average molecular weight is 429 g/mol. The van der Waals surface area contributed by atoms with E-state index in [0.29, 0.717) is 30.4 Å². The molecule has 29 heavy (non-hydrogen) atoms. The highest BCUT2D eigenvalue weighted by molar-refractivity contribution is 7.89. The van der Waals surface area contributed by atoms with Crippen molar-refractivity contribution >= 4 is 16.5 Å². The Morgan fingerprint density at radius 1 is 1.41 bits per heavy atom. The van der Waals surface area contributed by atoms with Crippen molar-refractivity contribution in [2.45, 2.75) is 6.04 Å². The van der Waals surface area contributed by atoms with Crippen LogP contribution in [0.2, 0.25) is 0 Å². The first-order valence-corrected chi connectivity index (χ1v) is 10.3. The van der Waals surface area contributed by atoms with E-state index < -0.39 is 15.8 Å². The number of rotatable bonds is 6. The highest BCUT2D eigenvalue weighted by atomic mass is 32.2. The predicted octanol–water partition coefficient (Wildman–Crippen LogP) is 1.48. The fourth-order valence-corrected chi connectivity index (χ4v) is 4.22. The molecule has 1 aromatic heterocycles. The first-order valence-electron chi connectivity index (χ1n) is 8.67. The Kier molecular flexibility index (Phi) is 7.71. The fourth-order valence-electron chi connectivity index (χ4n) is 3.07. The molecule has 0 bridgehead atoms. The predicted molar refractivity (Wildman–Crippen MR) is 104 cm³/mol. The zero-order valence-corrected chi connectivity index (χ0v) is 17.2. The van der Waals surface area contributed by atoms with Crippen molar-refractivity contribution in [2.24, 2.45) is 5.92 Å². The highest BCUT2D eigenvalue weighted by Crippen LogP contribution is 2.33. The smallest absolute Gasteiger partial charge is 0.290 e. The van der Waals surface area contributed by atoms with Gasteiger partial charge in [0.2, 0.25) is 10.0 Å². The molecule has 2 heterocycles. The lowest BCUT2D eigenvalue weighted by Gasteiger charge is -2.22. The molecule has 1 aliphatic heterocycles. The zero-order chi connectivity index (χ0) is 21.6. The van der Waals surface area contributed by atoms with Gasteiger partial charge >= 0.3 is 0 Å². The van der Waals surface area contributed by atoms with E-state index >= 15 is 0 Å². The molecule has 1 saturated heterocycles. The molecule has 2 aromatic rings. The number of hydrogen-bond acceptors (Lipinski definition) is 6. The monoisotopic (exact) mass is 429 g/mol. The maximum absolute atomic E-state index is 14.4. The molecule has 0 saturated carbocycles. The second-order valence-electron chi connectivity index (χ2n) is 6.54. The number of halogens is 1. The van der Waals surface area contributed by atoms with Crippen LogP contribution in [-0.4, -0.2) is 74.0 Å². The minimum absolute atomic E-state index is 0.0388. The van der Waals surface area contributed by atoms with Gasteiger partial charge in [-0.2, -0.15) is 0 Å². The second kappa shape index (κ2) is 9.81. The Morgan fingerprint density at radius 2 is 2.10 bits per heavy atom. The number of hydrogen-bond donors (Lipinski definition) is 1. The Bertz CT molecular complexity index is 931. The maximum Gasteiger partial charge on any atom is 0.290 e. The van der Waals surface area contributed by atoms with Crippen LogP contribution in [0.25, 0.3) is 11.4 Å². The molecule has 0 unspecified atom stereocenters. The van der Waals surface area contributed by atoms with Gasteiger partial charge in [0.1, 0.15) is 17.4 Å². The van der Waals surface area contributed by atoms with E-state index in [1.807, 2.05) is 0 Å². The summed E-state index contributed by atoms with van der Waals surface area (Å²) in [4.78, 5) is 12.6. The van der Waals surface area contributed by atoms with Gasteiger partial charge in [-0.05, 0) is 18.2 Å². The first kappa shape index (κ1) is 22.8. The van der Waals surface area contributed by atoms with E-state index in [-0.39, 0.29) is 24.2 Å². The van der Waals surface area contributed by atoms with Crippen LogP contribution < -0.4 is 4.74 Å². The topological polar surface area (TPSA) is 111 Å². The SMILES string of the molecule is COc1ccc(F)c(-c2nccn2[C@@H]2COC[C@@H]2CS(=O)(=O)N(C)C)c1.O=CO. The van der Waals surface area contributed by atoms with Gasteiger partial charge in [-0.25, -0.2) is 22.1 Å². The maximum atomic E-state index is 14.4. The fraction of sp³-hybridized carbons (Fsp3) is 0.444. The molecule has 1 aliphatic rings. The summed E-state index contributed by atoms with van der Waals surface area (Å²) in [5.74, 6) is 0.233. The Morgan fingerprint density at radius 3 is 2.72 bits per heavy atom. The van der Waals surface area contributed by atoms with Gasteiger partial charge < -0.3 is 19.1 Å². The molecule has 1 N–H and O–H groups in total. The number of nitrogens with zero attached hydrogens (tertiary/aromatic N) is 3. The van der Waals surface area contributed by atoms with Gasteiger partial charge in [-0.15, -0.1) is 0 Å². The molecule has 0 radical (unpaired) electrons. The molecule has 3 rings (SSSR count). The standard InChI is InChI=1S/C17H22FN3O4S.CH2O2/c1-20(2)26(22,23)11-12-9-25-10-16(12)21-7-6-19-17(21)14-8-13(24-3)4-5-15(14)18;2-1-3/h4-8,12,16H,9-11H2,1-3H3;1H,(H,2,3)/t12-,16-;/m1./s1. The largest absolute Gasteiger partial charge is 0.497 e. The van der Waals surface area contributed by atoms with E-state index in [1.165, 1.54) is 37.6 Å². The number of carbonyl (C=O) groups is 1. The van der Waals surface area contributed by atoms with Gasteiger partial charge in [0, 0.05) is 32.4 Å². The Labute approximate surface area is 168 Å². The third-order valence-corrected chi connectivity index (χ3v) is 6.55. The zero-order valence-electron chi connectivity index (χ0n) is 16.4. The lowest BCUT2D eigenvalue weighted by molar-refractivity contribution is -0.122. The summed E-state index contributed by atoms with van der Waals surface area (Å²) in [6.45, 7) is 0.429. The van der Waals surface area contributed by atoms with Gasteiger partial charge in [0.05, 0.1) is 37.7 Å². The van der Waals surface area contributed by atoms with E-state index in [4.69, 9.17) is 19.4 Å². The van der Waals surface area contributed by atoms with E-state index in [0.717, 1.165) is 0 Å². The van der Waals surface area contributed by atoms with Gasteiger partial charge in [-0.1, -0.05) is 0 Å². The number of aromatic nitrogens is 2. The summed E-state index contributed by atoms with van der Waals surface area (Å²) in [6, 6.07) is 4.20. The first-order chi connectivity index (χ1) is 13.7. The van der Waals surface area contributed by atoms with Crippen LogP contribution in [0.4, 0.5) is 4.39 Å². The minimum atomic E-state index is -3.38. The molecule has 1 aromatic carbocycles. The highest BCUT2D eigenvalue weighted by Gasteiger charge is 2.35. The van der Waals surface area contributed by atoms with Crippen LogP contribution in [0.15, 0.2) is 30.6 Å². The van der Waals surface area contributed by atoms with E-state index in [9.17, 15) is 12.8 Å². The summed E-state index contributed by atoms with van der Waals surface area (Å²) < 4.78 is 52.6. The van der Waals surface area contributed by atoms with Crippen LogP contribution in [0.3, 0.4) is 0 Å². The number of imidazole rings is 1. The number of methoxy groups -OCH3 is 1. The lowest BCUT2D eigenvalue weighted by Crippen LogP contribution is -2.32. The van der Waals surface area contributed by atoms with Crippen molar-refractivity contribution in [2.75, 3.05) is 40.2 Å². The lowest BCUT2D eigenvalue weighted by atomic mass is 10.1. The Hall–Kier alpha value is -2.50. The van der Waals surface area contributed by atoms with Crippen molar-refractivity contribution in [1.29, 1.82) is 0 Å². The van der Waals surface area contributed by atoms with Crippen molar-refractivity contribution in [3.8, 4) is 17.1 Å². The molecular weight excluding hydrogens is 405 g/mol. The molecule has 2 atom stereocenters.